The standard InChI is InChI=1S/C34H35FN8O8/c1-3-40-17-23(32(46)49-19-28-25(38-39-36)14-29(51-28)43-16-20(2)31(45)37-33(43)47)30(44)22-13-24(35)27(15-26(22)40)41-9-11-42(12-10-41)34(48)50-18-21-7-5-4-6-8-21/h4-8,13,15-17,25,28-29H,3,9-12,14,18-19H2,1-2H3,(H,37,45,47)/t25-,28+,29+/m0/s1. The molecule has 2 aromatic heterocycles. The van der Waals surface area contributed by atoms with Gasteiger partial charge >= 0.3 is 17.8 Å². The summed E-state index contributed by atoms with van der Waals surface area (Å²) in [4.78, 5) is 72.0. The molecule has 17 heteroatoms. The van der Waals surface area contributed by atoms with Gasteiger partial charge in [0.2, 0.25) is 5.43 Å². The van der Waals surface area contributed by atoms with Gasteiger partial charge in [-0.1, -0.05) is 35.4 Å². The van der Waals surface area contributed by atoms with Crippen molar-refractivity contribution in [2.45, 2.75) is 51.8 Å². The summed E-state index contributed by atoms with van der Waals surface area (Å²) in [6, 6.07) is 11.2. The maximum Gasteiger partial charge on any atom is 0.410 e. The Balaban J connectivity index is 1.15. The molecule has 2 fully saturated rings. The van der Waals surface area contributed by atoms with E-state index in [-0.39, 0.29) is 35.2 Å². The number of amides is 1. The normalized spacial score (nSPS) is 18.8. The molecule has 0 bridgehead atoms. The molecular weight excluding hydrogens is 667 g/mol. The lowest BCUT2D eigenvalue weighted by molar-refractivity contribution is -0.0363. The highest BCUT2D eigenvalue weighted by molar-refractivity contribution is 5.94. The summed E-state index contributed by atoms with van der Waals surface area (Å²) in [6.45, 7) is 4.67. The number of carbonyl (C=O) groups excluding carboxylic acids is 2. The van der Waals surface area contributed by atoms with E-state index in [2.05, 4.69) is 15.0 Å². The Hall–Kier alpha value is -5.93. The third kappa shape index (κ3) is 7.34. The largest absolute Gasteiger partial charge is 0.459 e. The molecule has 51 heavy (non-hydrogen) atoms. The fraction of sp³-hybridized carbons (Fsp3) is 0.382. The Morgan fingerprint density at radius 3 is 2.53 bits per heavy atom. The number of esters is 1. The number of fused-ring (bicyclic) bond motifs is 1. The highest BCUT2D eigenvalue weighted by Crippen LogP contribution is 2.31. The number of nitrogens with zero attached hydrogens (tertiary/aromatic N) is 7. The Morgan fingerprint density at radius 2 is 1.82 bits per heavy atom. The second-order valence-electron chi connectivity index (χ2n) is 12.2. The summed E-state index contributed by atoms with van der Waals surface area (Å²) < 4.78 is 35.2. The van der Waals surface area contributed by atoms with Crippen molar-refractivity contribution >= 4 is 28.7 Å². The molecule has 4 heterocycles. The first-order valence-electron chi connectivity index (χ1n) is 16.3. The summed E-state index contributed by atoms with van der Waals surface area (Å²) >= 11 is 0. The minimum atomic E-state index is -0.993. The number of benzene rings is 2. The molecule has 0 unspecified atom stereocenters. The minimum Gasteiger partial charge on any atom is -0.459 e. The van der Waals surface area contributed by atoms with Crippen molar-refractivity contribution in [3.8, 4) is 0 Å². The van der Waals surface area contributed by atoms with Gasteiger partial charge < -0.3 is 28.6 Å². The van der Waals surface area contributed by atoms with Gasteiger partial charge in [-0.3, -0.25) is 19.1 Å². The van der Waals surface area contributed by atoms with E-state index in [9.17, 15) is 24.0 Å². The van der Waals surface area contributed by atoms with Crippen molar-refractivity contribution in [3.63, 3.8) is 0 Å². The third-order valence-electron chi connectivity index (χ3n) is 9.03. The van der Waals surface area contributed by atoms with Crippen LogP contribution in [-0.4, -0.2) is 76.0 Å². The van der Waals surface area contributed by atoms with E-state index in [4.69, 9.17) is 19.7 Å². The van der Waals surface area contributed by atoms with E-state index in [1.165, 1.54) is 19.3 Å². The number of nitrogens with one attached hydrogen (secondary N) is 1. The first-order chi connectivity index (χ1) is 24.6. The zero-order valence-corrected chi connectivity index (χ0v) is 27.9. The minimum absolute atomic E-state index is 0.0207. The van der Waals surface area contributed by atoms with Crippen LogP contribution in [0.4, 0.5) is 14.9 Å². The lowest BCUT2D eigenvalue weighted by atomic mass is 10.1. The van der Waals surface area contributed by atoms with Crippen LogP contribution in [0.3, 0.4) is 0 Å². The Labute approximate surface area is 289 Å². The van der Waals surface area contributed by atoms with E-state index in [1.807, 2.05) is 30.3 Å². The molecule has 0 spiro atoms. The van der Waals surface area contributed by atoms with Gasteiger partial charge in [0, 0.05) is 67.4 Å². The smallest absolute Gasteiger partial charge is 0.410 e. The second-order valence-corrected chi connectivity index (χ2v) is 12.2. The molecule has 6 rings (SSSR count). The van der Waals surface area contributed by atoms with E-state index >= 15 is 4.39 Å². The number of anilines is 1. The molecule has 0 radical (unpaired) electrons. The predicted molar refractivity (Wildman–Crippen MR) is 182 cm³/mol. The van der Waals surface area contributed by atoms with Crippen LogP contribution in [0.2, 0.25) is 0 Å². The van der Waals surface area contributed by atoms with Gasteiger partial charge in [-0.25, -0.2) is 18.8 Å². The van der Waals surface area contributed by atoms with Gasteiger partial charge in [0.25, 0.3) is 5.56 Å². The van der Waals surface area contributed by atoms with Gasteiger partial charge in [0.05, 0.1) is 17.2 Å². The Kier molecular flexibility index (Phi) is 10.2. The number of azide groups is 1. The molecule has 266 valence electrons. The van der Waals surface area contributed by atoms with E-state index in [0.29, 0.717) is 38.2 Å². The maximum atomic E-state index is 15.6. The second kappa shape index (κ2) is 14.9. The average Bonchev–Trinajstić information content (AvgIpc) is 3.54. The molecule has 2 aliphatic heterocycles. The molecule has 0 saturated carbocycles. The molecule has 16 nitrogen and oxygen atoms in total. The molecule has 0 aliphatic carbocycles. The fourth-order valence-electron chi connectivity index (χ4n) is 6.25. The van der Waals surface area contributed by atoms with Gasteiger partial charge in [-0.2, -0.15) is 0 Å². The number of rotatable bonds is 9. The van der Waals surface area contributed by atoms with Gasteiger partial charge in [-0.15, -0.1) is 0 Å². The molecular formula is C34H35FN8O8. The lowest BCUT2D eigenvalue weighted by Gasteiger charge is -2.35. The van der Waals surface area contributed by atoms with Crippen LogP contribution < -0.4 is 21.6 Å². The van der Waals surface area contributed by atoms with Crippen LogP contribution in [-0.2, 0) is 27.4 Å². The lowest BCUT2D eigenvalue weighted by Crippen LogP contribution is -2.49. The number of hydrogen-bond donors (Lipinski definition) is 1. The Morgan fingerprint density at radius 1 is 1.08 bits per heavy atom. The van der Waals surface area contributed by atoms with Crippen molar-refractivity contribution in [2.75, 3.05) is 37.7 Å². The molecule has 2 aliphatic rings. The van der Waals surface area contributed by atoms with Crippen molar-refractivity contribution < 1.29 is 28.2 Å². The molecule has 2 saturated heterocycles. The number of ether oxygens (including phenoxy) is 3. The van der Waals surface area contributed by atoms with Crippen molar-refractivity contribution in [2.24, 2.45) is 5.11 Å². The first-order valence-corrected chi connectivity index (χ1v) is 16.3. The average molecular weight is 703 g/mol. The van der Waals surface area contributed by atoms with Gasteiger partial charge in [-0.05, 0) is 37.1 Å². The quantitative estimate of drug-likeness (QED) is 0.117. The highest BCUT2D eigenvalue weighted by Gasteiger charge is 2.37. The fourth-order valence-corrected chi connectivity index (χ4v) is 6.25. The van der Waals surface area contributed by atoms with Gasteiger partial charge in [0.1, 0.15) is 36.9 Å². The summed E-state index contributed by atoms with van der Waals surface area (Å²) in [6.07, 6.45) is 0.396. The van der Waals surface area contributed by atoms with Crippen LogP contribution in [0.25, 0.3) is 21.3 Å². The number of pyridine rings is 1. The first kappa shape index (κ1) is 34.9. The van der Waals surface area contributed by atoms with Crippen LogP contribution in [0.1, 0.15) is 41.1 Å². The molecule has 1 N–H and O–H groups in total. The highest BCUT2D eigenvalue weighted by atomic mass is 19.1. The number of aromatic nitrogens is 3. The van der Waals surface area contributed by atoms with E-state index in [0.717, 1.165) is 16.2 Å². The number of hydrogen-bond acceptors (Lipinski definition) is 10. The maximum absolute atomic E-state index is 15.6. The monoisotopic (exact) mass is 702 g/mol. The van der Waals surface area contributed by atoms with Crippen LogP contribution in [0.5, 0.6) is 0 Å². The number of aromatic amines is 1. The zero-order valence-electron chi connectivity index (χ0n) is 27.9. The number of piperazine rings is 1. The SMILES string of the molecule is CCn1cc(C(=O)OC[C@H]2O[C@@H](n3cc(C)c(=O)[nH]c3=O)C[C@@H]2N=[N+]=[N-])c(=O)c2cc(F)c(N3CCN(C(=O)OCc4ccccc4)CC3)cc21. The summed E-state index contributed by atoms with van der Waals surface area (Å²) in [5.41, 5.74) is 8.54. The zero-order chi connectivity index (χ0) is 36.2. The van der Waals surface area contributed by atoms with Crippen molar-refractivity contribution in [3.05, 3.63) is 119 Å². The van der Waals surface area contributed by atoms with E-state index < -0.39 is 59.5 Å². The summed E-state index contributed by atoms with van der Waals surface area (Å²) in [5, 5.41) is 3.69. The molecule has 3 atom stereocenters. The number of aryl methyl sites for hydroxylation is 2. The Bertz CT molecular complexity index is 2190. The number of halogens is 1. The number of carbonyl (C=O) groups is 2. The third-order valence-corrected chi connectivity index (χ3v) is 9.03. The van der Waals surface area contributed by atoms with E-state index in [1.54, 1.807) is 27.4 Å². The predicted octanol–water partition coefficient (Wildman–Crippen LogP) is 3.60. The topological polar surface area (TPSA) is 194 Å². The van der Waals surface area contributed by atoms with Crippen LogP contribution in [0.15, 0.2) is 74.4 Å². The summed E-state index contributed by atoms with van der Waals surface area (Å²) in [7, 11) is 0. The molecule has 1 amide bonds. The van der Waals surface area contributed by atoms with Gasteiger partial charge in [0.15, 0.2) is 0 Å². The van der Waals surface area contributed by atoms with Crippen LogP contribution >= 0.6 is 0 Å². The number of H-pyrrole nitrogens is 1. The van der Waals surface area contributed by atoms with Crippen molar-refractivity contribution in [1.29, 1.82) is 0 Å². The van der Waals surface area contributed by atoms with Crippen LogP contribution in [0, 0.1) is 12.7 Å². The molecule has 4 aromatic rings. The van der Waals surface area contributed by atoms with Crippen molar-refractivity contribution in [1.82, 2.24) is 19.0 Å². The molecule has 2 aromatic carbocycles. The summed E-state index contributed by atoms with van der Waals surface area (Å²) in [5.74, 6) is -1.66.